The number of carbonyl (C=O) groups is 1. The lowest BCUT2D eigenvalue weighted by molar-refractivity contribution is -0.315. The Balaban J connectivity index is 1.15. The maximum atomic E-state index is 14.4. The number of aliphatic hydroxyl groups excluding tert-OH is 1. The summed E-state index contributed by atoms with van der Waals surface area (Å²) in [6.45, 7) is 23.1. The molecule has 15 heteroatoms. The highest BCUT2D eigenvalue weighted by molar-refractivity contribution is 5.78. The lowest BCUT2D eigenvalue weighted by Crippen LogP contribution is -2.67. The average molecular weight is 967 g/mol. The molecule has 4 fully saturated rings. The number of nitriles is 1. The van der Waals surface area contributed by atoms with Crippen molar-refractivity contribution in [1.82, 2.24) is 5.32 Å². The van der Waals surface area contributed by atoms with Crippen LogP contribution in [0, 0.1) is 40.4 Å². The highest BCUT2D eigenvalue weighted by Gasteiger charge is 2.60. The van der Waals surface area contributed by atoms with Gasteiger partial charge in [0.25, 0.3) is 0 Å². The van der Waals surface area contributed by atoms with Gasteiger partial charge in [-0.05, 0) is 68.2 Å². The first-order valence-electron chi connectivity index (χ1n) is 25.4. The van der Waals surface area contributed by atoms with Crippen molar-refractivity contribution in [1.29, 1.82) is 5.26 Å². The molecule has 69 heavy (non-hydrogen) atoms. The van der Waals surface area contributed by atoms with Crippen LogP contribution in [0.2, 0.25) is 0 Å². The fourth-order valence-electron chi connectivity index (χ4n) is 11.5. The summed E-state index contributed by atoms with van der Waals surface area (Å²) in [6, 6.07) is 2.48. The first kappa shape index (κ1) is 54.0. The van der Waals surface area contributed by atoms with Gasteiger partial charge in [0.05, 0.1) is 55.4 Å². The molecule has 0 aromatic carbocycles. The number of nitrogens with zero attached hydrogens (tertiary/aromatic N) is 1. The van der Waals surface area contributed by atoms with Gasteiger partial charge >= 0.3 is 5.97 Å². The Morgan fingerprint density at radius 3 is 2.39 bits per heavy atom. The minimum absolute atomic E-state index is 0.0245. The van der Waals surface area contributed by atoms with Crippen molar-refractivity contribution in [2.24, 2.45) is 29.1 Å². The van der Waals surface area contributed by atoms with E-state index in [1.807, 2.05) is 39.0 Å². The molecular formula is C54H82N2O13. The standard InChI is InChI=1S/C54H82N2O13/c1-14-30(2)47-33(5)20-21-52(69-47)26-39-23-38(68-52)19-18-32(4)46(31(3)16-15-17-37-27-62-49-45(57)34(6)22-40(50(58)65-39)54(37,49)59)66-43-24-41(60-12)48(35(7)63-43)67-44-25-42(61-13)53(28-55,36(8)64-44)56-29-51(9,10)11/h15-18,20-22,30-31,33,35-36,38-49,56-57,59H,14,19,23-27,29H2,1-13H3/t30?,31-,33-,35-,36-,38+,39-,40-,41-,42-,43-,44-,45+,46-,47+,48-,49?,52+,53-,54+/m0/s1. The molecule has 0 aromatic rings. The molecule has 7 rings (SSSR count). The molecule has 0 radical (unpaired) electrons. The molecule has 6 heterocycles. The third kappa shape index (κ3) is 11.2. The SMILES string of the molecule is CCC(C)[C@H]1O[C@]2(C=C[C@@H]1C)C[C@@H]1C[C@@H](CC=C(C)[C@@H](O[C@H]3C[C@H](OC)[C@@H](O[C@H]4C[C@H](OC)[C@@](C#N)(NCC(C)(C)C)[C@H](C)O4)[C@H](C)O3)[C@@H](C)C=CC=C3COC4[C@H](O)C(C)=C[C@@H](C(=O)O1)[C@]34O)O2. The Labute approximate surface area is 410 Å². The number of ether oxygens (including phenoxy) is 10. The van der Waals surface area contributed by atoms with Gasteiger partial charge in [-0.15, -0.1) is 0 Å². The van der Waals surface area contributed by atoms with E-state index in [-0.39, 0.29) is 42.3 Å². The summed E-state index contributed by atoms with van der Waals surface area (Å²) < 4.78 is 65.1. The van der Waals surface area contributed by atoms with Crippen LogP contribution in [0.25, 0.3) is 0 Å². The molecule has 2 bridgehead atoms. The number of aliphatic hydroxyl groups is 2. The zero-order valence-corrected chi connectivity index (χ0v) is 43.3. The first-order chi connectivity index (χ1) is 32.6. The molecule has 3 N–H and O–H groups in total. The van der Waals surface area contributed by atoms with Gasteiger partial charge in [-0.2, -0.15) is 5.26 Å². The number of allylic oxidation sites excluding steroid dienone is 2. The van der Waals surface area contributed by atoms with Crippen molar-refractivity contribution >= 4 is 5.97 Å². The third-order valence-electron chi connectivity index (χ3n) is 15.8. The smallest absolute Gasteiger partial charge is 0.316 e. The van der Waals surface area contributed by atoms with E-state index >= 15 is 0 Å². The maximum absolute atomic E-state index is 14.4. The summed E-state index contributed by atoms with van der Waals surface area (Å²) in [6.07, 6.45) is 8.80. The fourth-order valence-corrected chi connectivity index (χ4v) is 11.5. The van der Waals surface area contributed by atoms with E-state index < -0.39 is 102 Å². The number of fused-ring (bicyclic) bond motifs is 2. The number of methoxy groups -OCH3 is 2. The van der Waals surface area contributed by atoms with Gasteiger partial charge in [0.15, 0.2) is 23.9 Å². The number of esters is 1. The van der Waals surface area contributed by atoms with E-state index in [9.17, 15) is 20.3 Å². The van der Waals surface area contributed by atoms with Crippen LogP contribution in [0.5, 0.6) is 0 Å². The van der Waals surface area contributed by atoms with Crippen molar-refractivity contribution in [3.05, 3.63) is 59.3 Å². The van der Waals surface area contributed by atoms with Gasteiger partial charge < -0.3 is 57.6 Å². The molecule has 386 valence electrons. The summed E-state index contributed by atoms with van der Waals surface area (Å²) >= 11 is 0. The lowest BCUT2D eigenvalue weighted by atomic mass is 9.71. The molecule has 0 aromatic heterocycles. The van der Waals surface area contributed by atoms with Crippen LogP contribution in [-0.4, -0.2) is 140 Å². The van der Waals surface area contributed by atoms with Crippen LogP contribution in [0.3, 0.4) is 0 Å². The van der Waals surface area contributed by atoms with Crippen molar-refractivity contribution in [3.63, 3.8) is 0 Å². The number of rotatable bonds is 10. The van der Waals surface area contributed by atoms with Crippen molar-refractivity contribution in [2.45, 2.75) is 211 Å². The normalized spacial score (nSPS) is 44.6. The Hall–Kier alpha value is -2.82. The van der Waals surface area contributed by atoms with Crippen LogP contribution in [0.1, 0.15) is 115 Å². The third-order valence-corrected chi connectivity index (χ3v) is 15.8. The highest BCUT2D eigenvalue weighted by Crippen LogP contribution is 2.47. The minimum atomic E-state index is -1.85. The van der Waals surface area contributed by atoms with Gasteiger partial charge in [-0.1, -0.05) is 91.3 Å². The van der Waals surface area contributed by atoms with E-state index in [0.29, 0.717) is 43.4 Å². The van der Waals surface area contributed by atoms with Gasteiger partial charge in [0, 0.05) is 58.3 Å². The number of nitrogens with one attached hydrogen (secondary N) is 1. The van der Waals surface area contributed by atoms with Crippen LogP contribution in [-0.2, 0) is 52.2 Å². The number of hydrogen-bond acceptors (Lipinski definition) is 15. The summed E-state index contributed by atoms with van der Waals surface area (Å²) in [5.74, 6) is -2.62. The molecular weight excluding hydrogens is 885 g/mol. The number of hydrogen-bond donors (Lipinski definition) is 3. The second-order valence-corrected chi connectivity index (χ2v) is 22.2. The number of carbonyl (C=O) groups excluding carboxylic acids is 1. The van der Waals surface area contributed by atoms with Crippen molar-refractivity contribution in [3.8, 4) is 6.07 Å². The second-order valence-electron chi connectivity index (χ2n) is 22.2. The predicted octanol–water partition coefficient (Wildman–Crippen LogP) is 6.91. The predicted molar refractivity (Wildman–Crippen MR) is 257 cm³/mol. The zero-order chi connectivity index (χ0) is 50.2. The minimum Gasteiger partial charge on any atom is -0.462 e. The molecule has 0 saturated carbocycles. The van der Waals surface area contributed by atoms with E-state index in [1.165, 1.54) is 0 Å². The van der Waals surface area contributed by atoms with Crippen LogP contribution in [0.15, 0.2) is 59.3 Å². The summed E-state index contributed by atoms with van der Waals surface area (Å²) in [5, 5.41) is 37.8. The van der Waals surface area contributed by atoms with Gasteiger partial charge in [-0.3, -0.25) is 10.1 Å². The maximum Gasteiger partial charge on any atom is 0.316 e. The molecule has 1 aliphatic carbocycles. The van der Waals surface area contributed by atoms with Crippen LogP contribution < -0.4 is 5.32 Å². The monoisotopic (exact) mass is 967 g/mol. The molecule has 7 aliphatic rings. The van der Waals surface area contributed by atoms with E-state index in [0.717, 1.165) is 12.0 Å². The zero-order valence-electron chi connectivity index (χ0n) is 43.3. The molecule has 1 spiro atoms. The molecule has 0 amide bonds. The van der Waals surface area contributed by atoms with Gasteiger partial charge in [-0.25, -0.2) is 0 Å². The molecule has 20 atom stereocenters. The summed E-state index contributed by atoms with van der Waals surface area (Å²) in [7, 11) is 3.27. The molecule has 6 aliphatic heterocycles. The molecule has 15 nitrogen and oxygen atoms in total. The fraction of sp³-hybridized carbons (Fsp3) is 0.778. The molecule has 4 saturated heterocycles. The summed E-state index contributed by atoms with van der Waals surface area (Å²) in [5.41, 5.74) is -1.02. The summed E-state index contributed by atoms with van der Waals surface area (Å²) in [4.78, 5) is 14.4. The quantitative estimate of drug-likeness (QED) is 0.151. The van der Waals surface area contributed by atoms with Crippen LogP contribution >= 0.6 is 0 Å². The largest absolute Gasteiger partial charge is 0.462 e. The second kappa shape index (κ2) is 21.7. The first-order valence-corrected chi connectivity index (χ1v) is 25.4. The van der Waals surface area contributed by atoms with Crippen molar-refractivity contribution < 1.29 is 62.4 Å². The lowest BCUT2D eigenvalue weighted by Gasteiger charge is -2.48. The Morgan fingerprint density at radius 2 is 1.71 bits per heavy atom. The highest BCUT2D eigenvalue weighted by atomic mass is 16.7. The van der Waals surface area contributed by atoms with Gasteiger partial charge in [0.2, 0.25) is 0 Å². The van der Waals surface area contributed by atoms with E-state index in [4.69, 9.17) is 47.4 Å². The van der Waals surface area contributed by atoms with Crippen molar-refractivity contribution in [2.75, 3.05) is 27.4 Å². The van der Waals surface area contributed by atoms with Gasteiger partial charge in [0.1, 0.15) is 35.9 Å². The average Bonchev–Trinajstić information content (AvgIpc) is 3.64. The van der Waals surface area contributed by atoms with E-state index in [2.05, 4.69) is 72.0 Å². The van der Waals surface area contributed by atoms with E-state index in [1.54, 1.807) is 33.3 Å². The Bertz CT molecular complexity index is 2010. The molecule has 2 unspecified atom stereocenters. The van der Waals surface area contributed by atoms with Crippen LogP contribution in [0.4, 0.5) is 0 Å². The Morgan fingerprint density at radius 1 is 0.971 bits per heavy atom. The Kier molecular flexibility index (Phi) is 17.0. The topological polar surface area (TPSA) is 186 Å².